The van der Waals surface area contributed by atoms with Crippen LogP contribution in [0.1, 0.15) is 5.56 Å². The average Bonchev–Trinajstić information content (AvgIpc) is 3.14. The smallest absolute Gasteiger partial charge is 0.135 e. The van der Waals surface area contributed by atoms with Gasteiger partial charge in [-0.1, -0.05) is 127 Å². The standard InChI is InChI=1S/C45H25NO/c46-26-33-18-24-40-37-21-17-32(25-42(37)47-41-8-4-7-36(33)45(40)41)27-9-11-29(12-10-27)35-20-14-31-15-22-38-34(28-5-2-1-3-6-28)19-13-30-16-23-39(35)44(31)43(30)38/h1-25H. The summed E-state index contributed by atoms with van der Waals surface area (Å²) in [5.41, 5.74) is 9.97. The van der Waals surface area contributed by atoms with E-state index in [9.17, 15) is 5.26 Å². The fourth-order valence-corrected chi connectivity index (χ4v) is 7.67. The number of rotatable bonds is 3. The summed E-state index contributed by atoms with van der Waals surface area (Å²) in [5.74, 6) is 1.62. The van der Waals surface area contributed by atoms with Gasteiger partial charge in [-0.15, -0.1) is 0 Å². The lowest BCUT2D eigenvalue weighted by Gasteiger charge is -2.22. The third-order valence-corrected chi connectivity index (χ3v) is 9.89. The van der Waals surface area contributed by atoms with Crippen LogP contribution < -0.4 is 4.74 Å². The summed E-state index contributed by atoms with van der Waals surface area (Å²) in [5, 5.41) is 19.3. The molecule has 0 aliphatic carbocycles. The predicted octanol–water partition coefficient (Wildman–Crippen LogP) is 12.4. The Morgan fingerprint density at radius 2 is 0.979 bits per heavy atom. The van der Waals surface area contributed by atoms with E-state index in [-0.39, 0.29) is 0 Å². The largest absolute Gasteiger partial charge is 0.456 e. The van der Waals surface area contributed by atoms with Crippen molar-refractivity contribution in [3.05, 3.63) is 157 Å². The summed E-state index contributed by atoms with van der Waals surface area (Å²) < 4.78 is 6.44. The first kappa shape index (κ1) is 25.9. The molecule has 0 amide bonds. The second-order valence-electron chi connectivity index (χ2n) is 12.4. The van der Waals surface area contributed by atoms with Gasteiger partial charge in [0, 0.05) is 16.3 Å². The zero-order valence-corrected chi connectivity index (χ0v) is 25.3. The highest BCUT2D eigenvalue weighted by Crippen LogP contribution is 2.48. The van der Waals surface area contributed by atoms with E-state index in [0.29, 0.717) is 5.56 Å². The Morgan fingerprint density at radius 3 is 1.68 bits per heavy atom. The normalized spacial score (nSPS) is 12.0. The van der Waals surface area contributed by atoms with Crippen molar-refractivity contribution in [1.82, 2.24) is 0 Å². The van der Waals surface area contributed by atoms with Crippen molar-refractivity contribution in [2.75, 3.05) is 0 Å². The number of ether oxygens (including phenoxy) is 1. The van der Waals surface area contributed by atoms with Crippen LogP contribution in [0.15, 0.2) is 152 Å². The van der Waals surface area contributed by atoms with Crippen molar-refractivity contribution in [2.24, 2.45) is 0 Å². The van der Waals surface area contributed by atoms with E-state index in [1.165, 1.54) is 54.6 Å². The molecule has 1 heterocycles. The van der Waals surface area contributed by atoms with E-state index in [2.05, 4.69) is 127 Å². The molecule has 216 valence electrons. The molecule has 10 rings (SSSR count). The number of nitrogens with zero attached hydrogens (tertiary/aromatic N) is 1. The molecule has 0 spiro atoms. The van der Waals surface area contributed by atoms with Gasteiger partial charge in [0.15, 0.2) is 0 Å². The van der Waals surface area contributed by atoms with Gasteiger partial charge in [0.2, 0.25) is 0 Å². The van der Waals surface area contributed by atoms with Crippen LogP contribution in [0.5, 0.6) is 11.5 Å². The highest BCUT2D eigenvalue weighted by Gasteiger charge is 2.22. The minimum Gasteiger partial charge on any atom is -0.456 e. The molecule has 0 fully saturated rings. The van der Waals surface area contributed by atoms with Gasteiger partial charge in [0.1, 0.15) is 11.5 Å². The molecule has 2 heteroatoms. The van der Waals surface area contributed by atoms with E-state index in [4.69, 9.17) is 4.74 Å². The molecule has 0 saturated heterocycles. The Hall–Kier alpha value is -6.43. The monoisotopic (exact) mass is 595 g/mol. The average molecular weight is 596 g/mol. The summed E-state index contributed by atoms with van der Waals surface area (Å²) in [4.78, 5) is 0. The van der Waals surface area contributed by atoms with Crippen LogP contribution in [0.25, 0.3) is 87.6 Å². The van der Waals surface area contributed by atoms with Crippen molar-refractivity contribution < 1.29 is 4.74 Å². The molecule has 2 nitrogen and oxygen atoms in total. The van der Waals surface area contributed by atoms with Crippen molar-refractivity contribution in [3.8, 4) is 62.1 Å². The number of nitriles is 1. The summed E-state index contributed by atoms with van der Waals surface area (Å²) in [6.07, 6.45) is 0. The van der Waals surface area contributed by atoms with Crippen LogP contribution in [0.2, 0.25) is 0 Å². The van der Waals surface area contributed by atoms with Crippen LogP contribution in [0.4, 0.5) is 0 Å². The first-order valence-electron chi connectivity index (χ1n) is 15.9. The molecule has 9 aromatic rings. The van der Waals surface area contributed by atoms with Gasteiger partial charge >= 0.3 is 0 Å². The number of benzene rings is 9. The van der Waals surface area contributed by atoms with Crippen molar-refractivity contribution in [3.63, 3.8) is 0 Å². The lowest BCUT2D eigenvalue weighted by Crippen LogP contribution is -1.98. The number of hydrogen-bond donors (Lipinski definition) is 0. The van der Waals surface area contributed by atoms with Gasteiger partial charge in [-0.05, 0) is 95.5 Å². The fourth-order valence-electron chi connectivity index (χ4n) is 7.67. The van der Waals surface area contributed by atoms with Gasteiger partial charge < -0.3 is 4.74 Å². The van der Waals surface area contributed by atoms with E-state index in [1.54, 1.807) is 0 Å². The maximum Gasteiger partial charge on any atom is 0.135 e. The molecule has 0 N–H and O–H groups in total. The van der Waals surface area contributed by atoms with Crippen LogP contribution >= 0.6 is 0 Å². The number of fused-ring (bicyclic) bond motifs is 2. The van der Waals surface area contributed by atoms with Gasteiger partial charge in [-0.2, -0.15) is 5.26 Å². The van der Waals surface area contributed by atoms with E-state index >= 15 is 0 Å². The quantitative estimate of drug-likeness (QED) is 0.190. The number of hydrogen-bond acceptors (Lipinski definition) is 2. The molecular weight excluding hydrogens is 571 g/mol. The fraction of sp³-hybridized carbons (Fsp3) is 0. The van der Waals surface area contributed by atoms with Crippen LogP contribution in [-0.2, 0) is 0 Å². The van der Waals surface area contributed by atoms with Crippen LogP contribution in [-0.4, -0.2) is 0 Å². The summed E-state index contributed by atoms with van der Waals surface area (Å²) in [7, 11) is 0. The third-order valence-electron chi connectivity index (χ3n) is 9.89. The van der Waals surface area contributed by atoms with Gasteiger partial charge in [0.25, 0.3) is 0 Å². The highest BCUT2D eigenvalue weighted by atomic mass is 16.5. The molecule has 0 atom stereocenters. The highest BCUT2D eigenvalue weighted by molar-refractivity contribution is 6.27. The molecule has 0 unspecified atom stereocenters. The molecule has 0 radical (unpaired) electrons. The maximum atomic E-state index is 9.63. The van der Waals surface area contributed by atoms with E-state index < -0.39 is 0 Å². The van der Waals surface area contributed by atoms with Gasteiger partial charge in [-0.25, -0.2) is 0 Å². The Bertz CT molecular complexity index is 2750. The van der Waals surface area contributed by atoms with E-state index in [0.717, 1.165) is 44.5 Å². The van der Waals surface area contributed by atoms with E-state index in [1.807, 2.05) is 30.3 Å². The lowest BCUT2D eigenvalue weighted by molar-refractivity contribution is 0.487. The molecule has 9 aromatic carbocycles. The van der Waals surface area contributed by atoms with Crippen LogP contribution in [0, 0.1) is 11.3 Å². The predicted molar refractivity (Wildman–Crippen MR) is 194 cm³/mol. The summed E-state index contributed by atoms with van der Waals surface area (Å²) >= 11 is 0. The summed E-state index contributed by atoms with van der Waals surface area (Å²) in [6.45, 7) is 0. The SMILES string of the molecule is N#Cc1ccc2c3c(cccc13)Oc1cc(-c3ccc(-c4ccc5ccc6c(-c7ccccc7)ccc7ccc4c5c76)cc3)ccc1-2. The topological polar surface area (TPSA) is 33.0 Å². The first-order chi connectivity index (χ1) is 23.2. The first-order valence-corrected chi connectivity index (χ1v) is 15.9. The maximum absolute atomic E-state index is 9.63. The Kier molecular flexibility index (Phi) is 5.38. The van der Waals surface area contributed by atoms with Crippen molar-refractivity contribution in [2.45, 2.75) is 0 Å². The zero-order chi connectivity index (χ0) is 31.1. The Morgan fingerprint density at radius 1 is 0.383 bits per heavy atom. The van der Waals surface area contributed by atoms with Crippen LogP contribution in [0.3, 0.4) is 0 Å². The zero-order valence-electron chi connectivity index (χ0n) is 25.3. The second-order valence-corrected chi connectivity index (χ2v) is 12.4. The minimum absolute atomic E-state index is 0.663. The van der Waals surface area contributed by atoms with Crippen molar-refractivity contribution >= 4 is 43.1 Å². The second kappa shape index (κ2) is 9.78. The molecule has 1 aliphatic rings. The Labute approximate surface area is 271 Å². The molecule has 0 aromatic heterocycles. The minimum atomic E-state index is 0.663. The molecule has 1 aliphatic heterocycles. The summed E-state index contributed by atoms with van der Waals surface area (Å²) in [6, 6.07) is 56.3. The molecule has 0 bridgehead atoms. The third kappa shape index (κ3) is 3.78. The van der Waals surface area contributed by atoms with Gasteiger partial charge in [-0.3, -0.25) is 0 Å². The molecular formula is C45H25NO. The molecule has 0 saturated carbocycles. The van der Waals surface area contributed by atoms with Gasteiger partial charge in [0.05, 0.1) is 11.6 Å². The Balaban J connectivity index is 1.06. The van der Waals surface area contributed by atoms with Crippen molar-refractivity contribution in [1.29, 1.82) is 5.26 Å². The lowest BCUT2D eigenvalue weighted by atomic mass is 9.87. The molecule has 47 heavy (non-hydrogen) atoms.